The Morgan fingerprint density at radius 2 is 1.82 bits per heavy atom. The molecule has 1 N–H and O–H groups in total. The summed E-state index contributed by atoms with van der Waals surface area (Å²) in [5.41, 5.74) is 0.166. The maximum Gasteiger partial charge on any atom is 0.247 e. The number of rotatable bonds is 13. The molecule has 7 atom stereocenters. The first-order chi connectivity index (χ1) is 20.8. The standard InChI is InChI=1S/C34H48BrN3O5S/c1-9-16-36(22-12-14-24(15-13-22)43-11-3)30(40)26-27-31(41)38(23(20-39)18-21(4)5)29(34(27)19-25(35)28(26)44-34)32(42)37(17-10-2)33(6,7)8/h9-10,12-15,21,23,25-29,39H,1-2,11,16-20H2,3-8H3/t23-,25?,26+,27+,28+,29?,34?/m1/s1. The van der Waals surface area contributed by atoms with Crippen molar-refractivity contribution in [3.8, 4) is 5.75 Å². The summed E-state index contributed by atoms with van der Waals surface area (Å²) in [7, 11) is 0. The molecule has 8 nitrogen and oxygen atoms in total. The fourth-order valence-corrected chi connectivity index (χ4v) is 10.9. The van der Waals surface area contributed by atoms with Gasteiger partial charge >= 0.3 is 0 Å². The quantitative estimate of drug-likeness (QED) is 0.224. The van der Waals surface area contributed by atoms with Crippen molar-refractivity contribution < 1.29 is 24.2 Å². The maximum atomic E-state index is 14.7. The van der Waals surface area contributed by atoms with Crippen molar-refractivity contribution in [1.82, 2.24) is 9.80 Å². The lowest BCUT2D eigenvalue weighted by Crippen LogP contribution is -2.61. The van der Waals surface area contributed by atoms with Crippen LogP contribution in [0.2, 0.25) is 0 Å². The number of hydrogen-bond acceptors (Lipinski definition) is 6. The smallest absolute Gasteiger partial charge is 0.247 e. The number of carbonyl (C=O) groups is 3. The Hall–Kier alpha value is -2.30. The number of aliphatic hydroxyl groups excluding tert-OH is 1. The van der Waals surface area contributed by atoms with Gasteiger partial charge in [0.15, 0.2) is 0 Å². The molecular formula is C34H48BrN3O5S. The van der Waals surface area contributed by atoms with Gasteiger partial charge in [-0.1, -0.05) is 41.9 Å². The maximum absolute atomic E-state index is 14.7. The van der Waals surface area contributed by atoms with Gasteiger partial charge in [-0.25, -0.2) is 0 Å². The molecule has 242 valence electrons. The van der Waals surface area contributed by atoms with E-state index in [9.17, 15) is 19.5 Å². The van der Waals surface area contributed by atoms with Crippen LogP contribution in [0.15, 0.2) is 49.6 Å². The van der Waals surface area contributed by atoms with Gasteiger partial charge in [-0.15, -0.1) is 24.9 Å². The molecule has 4 rings (SSSR count). The van der Waals surface area contributed by atoms with E-state index in [0.717, 1.165) is 0 Å². The molecule has 3 aliphatic rings. The van der Waals surface area contributed by atoms with Crippen molar-refractivity contribution in [2.24, 2.45) is 17.8 Å². The van der Waals surface area contributed by atoms with E-state index in [0.29, 0.717) is 37.4 Å². The van der Waals surface area contributed by atoms with Crippen LogP contribution in [0.5, 0.6) is 5.75 Å². The fourth-order valence-electron chi connectivity index (χ4n) is 7.33. The Bertz CT molecular complexity index is 1250. The second-order valence-electron chi connectivity index (χ2n) is 13.4. The number of likely N-dealkylation sites (tertiary alicyclic amines) is 1. The number of nitrogens with zero attached hydrogens (tertiary/aromatic N) is 3. The summed E-state index contributed by atoms with van der Waals surface area (Å²) in [4.78, 5) is 49.2. The van der Waals surface area contributed by atoms with E-state index < -0.39 is 34.2 Å². The number of fused-ring (bicyclic) bond motifs is 1. The van der Waals surface area contributed by atoms with Gasteiger partial charge in [0.05, 0.1) is 35.8 Å². The molecule has 1 aromatic carbocycles. The molecule has 3 saturated heterocycles. The lowest BCUT2D eigenvalue weighted by molar-refractivity contribution is -0.148. The van der Waals surface area contributed by atoms with Crippen molar-refractivity contribution in [2.45, 2.75) is 86.8 Å². The van der Waals surface area contributed by atoms with Crippen LogP contribution in [0.1, 0.15) is 54.4 Å². The van der Waals surface area contributed by atoms with Crippen LogP contribution in [0.3, 0.4) is 0 Å². The van der Waals surface area contributed by atoms with Crippen molar-refractivity contribution in [2.75, 3.05) is 31.2 Å². The minimum absolute atomic E-state index is 0.0631. The third-order valence-corrected chi connectivity index (χ3v) is 12.2. The molecule has 2 bridgehead atoms. The highest BCUT2D eigenvalue weighted by Crippen LogP contribution is 2.68. The van der Waals surface area contributed by atoms with Gasteiger partial charge in [-0.3, -0.25) is 14.4 Å². The van der Waals surface area contributed by atoms with E-state index in [2.05, 4.69) is 29.1 Å². The van der Waals surface area contributed by atoms with E-state index in [-0.39, 0.29) is 46.9 Å². The first kappa shape index (κ1) is 34.6. The molecule has 10 heteroatoms. The second kappa shape index (κ2) is 13.6. The number of benzene rings is 1. The van der Waals surface area contributed by atoms with E-state index in [1.54, 1.807) is 38.6 Å². The first-order valence-electron chi connectivity index (χ1n) is 15.6. The van der Waals surface area contributed by atoms with Crippen molar-refractivity contribution >= 4 is 51.1 Å². The number of aliphatic hydroxyl groups is 1. The number of carbonyl (C=O) groups excluding carboxylic acids is 3. The second-order valence-corrected chi connectivity index (χ2v) is 16.2. The van der Waals surface area contributed by atoms with Crippen LogP contribution in [0.25, 0.3) is 0 Å². The number of halogens is 1. The molecule has 3 fully saturated rings. The fraction of sp³-hybridized carbons (Fsp3) is 0.618. The van der Waals surface area contributed by atoms with Gasteiger partial charge < -0.3 is 24.5 Å². The lowest BCUT2D eigenvalue weighted by atomic mass is 9.70. The number of alkyl halides is 1. The van der Waals surface area contributed by atoms with Gasteiger partial charge in [0, 0.05) is 34.4 Å². The molecule has 1 spiro atoms. The number of thioether (sulfide) groups is 1. The lowest BCUT2D eigenvalue weighted by Gasteiger charge is -2.44. The molecule has 3 amide bonds. The number of amides is 3. The molecule has 0 aliphatic carbocycles. The monoisotopic (exact) mass is 689 g/mol. The van der Waals surface area contributed by atoms with Crippen LogP contribution in [-0.2, 0) is 14.4 Å². The minimum atomic E-state index is -0.818. The molecule has 0 aromatic heterocycles. The summed E-state index contributed by atoms with van der Waals surface area (Å²) in [6.45, 7) is 20.6. The van der Waals surface area contributed by atoms with Crippen LogP contribution < -0.4 is 9.64 Å². The van der Waals surface area contributed by atoms with Gasteiger partial charge in [-0.2, -0.15) is 0 Å². The molecule has 1 aromatic rings. The normalized spacial score (nSPS) is 28.2. The summed E-state index contributed by atoms with van der Waals surface area (Å²) in [6, 6.07) is 6.02. The van der Waals surface area contributed by atoms with E-state index in [1.807, 2.05) is 65.8 Å². The van der Waals surface area contributed by atoms with Crippen molar-refractivity contribution in [3.63, 3.8) is 0 Å². The van der Waals surface area contributed by atoms with Gasteiger partial charge in [0.2, 0.25) is 17.7 Å². The van der Waals surface area contributed by atoms with Gasteiger partial charge in [0.1, 0.15) is 11.8 Å². The number of ether oxygens (including phenoxy) is 1. The molecule has 44 heavy (non-hydrogen) atoms. The highest BCUT2D eigenvalue weighted by molar-refractivity contribution is 9.09. The Morgan fingerprint density at radius 1 is 1.18 bits per heavy atom. The molecule has 3 heterocycles. The van der Waals surface area contributed by atoms with Crippen LogP contribution >= 0.6 is 27.7 Å². The molecule has 0 saturated carbocycles. The average Bonchev–Trinajstić information content (AvgIpc) is 3.56. The summed E-state index contributed by atoms with van der Waals surface area (Å²) < 4.78 is 4.79. The molecular weight excluding hydrogens is 642 g/mol. The third-order valence-electron chi connectivity index (χ3n) is 9.02. The Kier molecular flexibility index (Phi) is 10.7. The van der Waals surface area contributed by atoms with Crippen LogP contribution in [-0.4, -0.2) is 91.4 Å². The summed E-state index contributed by atoms with van der Waals surface area (Å²) in [5.74, 6) is -0.990. The number of anilines is 1. The van der Waals surface area contributed by atoms with Gasteiger partial charge in [-0.05, 0) is 70.7 Å². The van der Waals surface area contributed by atoms with E-state index in [4.69, 9.17) is 4.74 Å². The SMILES string of the molecule is C=CCN(C(=O)[C@H]1[C@H]2C(=O)N([C@@H](CO)CC(C)C)C(C(=O)N(CC=C)C(C)(C)C)C23CC(Br)[C@@H]1S3)c1ccc(OCC)cc1. The third kappa shape index (κ3) is 6.10. The largest absolute Gasteiger partial charge is 0.494 e. The predicted octanol–water partition coefficient (Wildman–Crippen LogP) is 5.29. The van der Waals surface area contributed by atoms with Crippen molar-refractivity contribution in [1.29, 1.82) is 0 Å². The highest BCUT2D eigenvalue weighted by atomic mass is 79.9. The zero-order valence-corrected chi connectivity index (χ0v) is 29.3. The zero-order valence-electron chi connectivity index (χ0n) is 26.9. The Labute approximate surface area is 275 Å². The minimum Gasteiger partial charge on any atom is -0.494 e. The zero-order chi connectivity index (χ0) is 32.6. The predicted molar refractivity (Wildman–Crippen MR) is 181 cm³/mol. The summed E-state index contributed by atoms with van der Waals surface area (Å²) in [5, 5.41) is 10.4. The van der Waals surface area contributed by atoms with Crippen LogP contribution in [0, 0.1) is 17.8 Å². The first-order valence-corrected chi connectivity index (χ1v) is 17.4. The average molecular weight is 691 g/mol. The Morgan fingerprint density at radius 3 is 2.34 bits per heavy atom. The summed E-state index contributed by atoms with van der Waals surface area (Å²) in [6.07, 6.45) is 4.52. The topological polar surface area (TPSA) is 90.4 Å². The van der Waals surface area contributed by atoms with E-state index in [1.165, 1.54) is 0 Å². The van der Waals surface area contributed by atoms with Crippen molar-refractivity contribution in [3.05, 3.63) is 49.6 Å². The Balaban J connectivity index is 1.83. The van der Waals surface area contributed by atoms with E-state index >= 15 is 0 Å². The molecule has 3 unspecified atom stereocenters. The molecule has 0 radical (unpaired) electrons. The van der Waals surface area contributed by atoms with Crippen LogP contribution in [0.4, 0.5) is 5.69 Å². The van der Waals surface area contributed by atoms with Gasteiger partial charge in [0.25, 0.3) is 0 Å². The summed E-state index contributed by atoms with van der Waals surface area (Å²) >= 11 is 5.49. The number of hydrogen-bond donors (Lipinski definition) is 1. The molecule has 3 aliphatic heterocycles. The highest BCUT2D eigenvalue weighted by Gasteiger charge is 2.76.